The van der Waals surface area contributed by atoms with Crippen LogP contribution in [0.5, 0.6) is 0 Å². The second-order valence-corrected chi connectivity index (χ2v) is 14.4. The van der Waals surface area contributed by atoms with E-state index >= 15 is 0 Å². The van der Waals surface area contributed by atoms with E-state index in [1.807, 2.05) is 6.92 Å². The van der Waals surface area contributed by atoms with Crippen LogP contribution in [0, 0.1) is 56.7 Å². The van der Waals surface area contributed by atoms with Crippen LogP contribution >= 0.6 is 0 Å². The summed E-state index contributed by atoms with van der Waals surface area (Å²) in [5, 5.41) is 32.3. The molecule has 0 spiro atoms. The topological polar surface area (TPSA) is 77.8 Å². The summed E-state index contributed by atoms with van der Waals surface area (Å²) in [7, 11) is 0. The van der Waals surface area contributed by atoms with Gasteiger partial charge >= 0.3 is 0 Å². The minimum Gasteiger partial charge on any atom is -0.396 e. The molecule has 192 valence electrons. The zero-order chi connectivity index (χ0) is 24.9. The third-order valence-corrected chi connectivity index (χ3v) is 13.4. The monoisotopic (exact) mass is 472 g/mol. The van der Waals surface area contributed by atoms with Crippen molar-refractivity contribution in [2.75, 3.05) is 6.61 Å². The predicted molar refractivity (Wildman–Crippen MR) is 134 cm³/mol. The fourth-order valence-electron chi connectivity index (χ4n) is 10.9. The van der Waals surface area contributed by atoms with Crippen molar-refractivity contribution >= 4 is 6.29 Å². The average molecular weight is 473 g/mol. The molecule has 0 aromatic heterocycles. The van der Waals surface area contributed by atoms with Crippen molar-refractivity contribution in [2.24, 2.45) is 56.7 Å². The van der Waals surface area contributed by atoms with E-state index in [2.05, 4.69) is 40.7 Å². The van der Waals surface area contributed by atoms with Gasteiger partial charge in [-0.15, -0.1) is 0 Å². The van der Waals surface area contributed by atoms with Gasteiger partial charge in [-0.05, 0) is 97.2 Å². The van der Waals surface area contributed by atoms with E-state index in [9.17, 15) is 20.1 Å². The third-order valence-electron chi connectivity index (χ3n) is 13.4. The molecule has 5 aliphatic carbocycles. The molecule has 0 saturated heterocycles. The quantitative estimate of drug-likeness (QED) is 0.384. The Morgan fingerprint density at radius 1 is 1.00 bits per heavy atom. The molecular weight excluding hydrogens is 424 g/mol. The fourth-order valence-corrected chi connectivity index (χ4v) is 10.9. The van der Waals surface area contributed by atoms with Gasteiger partial charge in [-0.1, -0.05) is 53.2 Å². The Labute approximate surface area is 206 Å². The lowest BCUT2D eigenvalue weighted by Crippen LogP contribution is -2.68. The summed E-state index contributed by atoms with van der Waals surface area (Å²) in [4.78, 5) is 12.6. The van der Waals surface area contributed by atoms with E-state index in [0.29, 0.717) is 30.1 Å². The normalized spacial score (nSPS) is 59.1. The molecule has 4 saturated carbocycles. The van der Waals surface area contributed by atoms with Gasteiger partial charge in [0, 0.05) is 10.8 Å². The van der Waals surface area contributed by atoms with Gasteiger partial charge in [0.2, 0.25) is 0 Å². The molecule has 0 aromatic carbocycles. The van der Waals surface area contributed by atoms with Crippen molar-refractivity contribution < 1.29 is 20.1 Å². The summed E-state index contributed by atoms with van der Waals surface area (Å²) >= 11 is 0. The summed E-state index contributed by atoms with van der Waals surface area (Å²) in [6.07, 6.45) is 10.0. The molecule has 0 amide bonds. The number of allylic oxidation sites excluding steroid dienone is 2. The number of aliphatic hydroxyl groups excluding tert-OH is 3. The van der Waals surface area contributed by atoms with Crippen molar-refractivity contribution in [1.29, 1.82) is 0 Å². The Morgan fingerprint density at radius 3 is 2.35 bits per heavy atom. The van der Waals surface area contributed by atoms with Crippen LogP contribution in [0.25, 0.3) is 0 Å². The van der Waals surface area contributed by atoms with Gasteiger partial charge in [0.05, 0.1) is 18.8 Å². The zero-order valence-corrected chi connectivity index (χ0v) is 22.3. The third kappa shape index (κ3) is 2.80. The Balaban J connectivity index is 1.61. The minimum atomic E-state index is -0.877. The van der Waals surface area contributed by atoms with Crippen LogP contribution in [-0.4, -0.2) is 40.4 Å². The maximum Gasteiger partial charge on any atom is 0.126 e. The second-order valence-electron chi connectivity index (χ2n) is 14.4. The summed E-state index contributed by atoms with van der Waals surface area (Å²) in [6.45, 7) is 14.0. The molecule has 0 heterocycles. The first-order valence-corrected chi connectivity index (χ1v) is 14.0. The van der Waals surface area contributed by atoms with Crippen molar-refractivity contribution in [1.82, 2.24) is 0 Å². The Kier molecular flexibility index (Phi) is 5.62. The number of hydrogen-bond donors (Lipinski definition) is 3. The molecule has 34 heavy (non-hydrogen) atoms. The van der Waals surface area contributed by atoms with Crippen molar-refractivity contribution in [3.8, 4) is 0 Å². The van der Waals surface area contributed by atoms with Crippen LogP contribution in [0.3, 0.4) is 0 Å². The van der Waals surface area contributed by atoms with Crippen molar-refractivity contribution in [3.05, 3.63) is 11.6 Å². The van der Waals surface area contributed by atoms with Gasteiger partial charge in [-0.3, -0.25) is 0 Å². The Morgan fingerprint density at radius 2 is 1.71 bits per heavy atom. The number of aliphatic hydroxyl groups is 3. The Hall–Kier alpha value is -0.710. The van der Waals surface area contributed by atoms with E-state index in [0.717, 1.165) is 44.9 Å². The lowest BCUT2D eigenvalue weighted by molar-refractivity contribution is -0.243. The Bertz CT molecular complexity index is 883. The predicted octanol–water partition coefficient (Wildman–Crippen LogP) is 5.15. The molecule has 1 unspecified atom stereocenters. The molecule has 4 nitrogen and oxygen atoms in total. The highest BCUT2D eigenvalue weighted by Crippen LogP contribution is 2.75. The lowest BCUT2D eigenvalue weighted by Gasteiger charge is -2.71. The maximum atomic E-state index is 12.6. The molecule has 0 radical (unpaired) electrons. The number of carbonyl (C=O) groups excluding carboxylic acids is 1. The van der Waals surface area contributed by atoms with E-state index in [4.69, 9.17) is 0 Å². The van der Waals surface area contributed by atoms with Crippen molar-refractivity contribution in [3.63, 3.8) is 0 Å². The first-order chi connectivity index (χ1) is 15.8. The summed E-state index contributed by atoms with van der Waals surface area (Å²) in [5.74, 6) is 2.07. The molecular formula is C30H48O4. The summed E-state index contributed by atoms with van der Waals surface area (Å²) in [6, 6.07) is 0. The molecule has 0 aliphatic heterocycles. The molecule has 5 rings (SSSR count). The van der Waals surface area contributed by atoms with Crippen LogP contribution < -0.4 is 0 Å². The van der Waals surface area contributed by atoms with Gasteiger partial charge in [0.15, 0.2) is 0 Å². The van der Waals surface area contributed by atoms with Crippen LogP contribution in [0.2, 0.25) is 0 Å². The smallest absolute Gasteiger partial charge is 0.126 e. The van der Waals surface area contributed by atoms with Crippen LogP contribution in [0.1, 0.15) is 92.9 Å². The van der Waals surface area contributed by atoms with Crippen LogP contribution in [0.15, 0.2) is 11.6 Å². The molecule has 0 bridgehead atoms. The maximum absolute atomic E-state index is 12.6. The van der Waals surface area contributed by atoms with Gasteiger partial charge < -0.3 is 20.1 Å². The number of fused-ring (bicyclic) bond motifs is 7. The van der Waals surface area contributed by atoms with Gasteiger partial charge in [-0.25, -0.2) is 0 Å². The first-order valence-electron chi connectivity index (χ1n) is 14.0. The second kappa shape index (κ2) is 7.65. The van der Waals surface area contributed by atoms with Crippen molar-refractivity contribution in [2.45, 2.75) is 105 Å². The number of hydrogen-bond acceptors (Lipinski definition) is 4. The first kappa shape index (κ1) is 25.0. The lowest BCUT2D eigenvalue weighted by atomic mass is 9.33. The highest BCUT2D eigenvalue weighted by molar-refractivity contribution is 5.63. The molecule has 4 heteroatoms. The number of carbonyl (C=O) groups is 1. The van der Waals surface area contributed by atoms with E-state index in [-0.39, 0.29) is 34.2 Å². The van der Waals surface area contributed by atoms with E-state index < -0.39 is 17.6 Å². The highest BCUT2D eigenvalue weighted by Gasteiger charge is 2.70. The molecule has 12 atom stereocenters. The fraction of sp³-hybridized carbons (Fsp3) is 0.900. The van der Waals surface area contributed by atoms with Gasteiger partial charge in [0.1, 0.15) is 6.29 Å². The number of rotatable bonds is 2. The highest BCUT2D eigenvalue weighted by atomic mass is 16.3. The van der Waals surface area contributed by atoms with Crippen LogP contribution in [-0.2, 0) is 4.79 Å². The molecule has 0 aromatic rings. The van der Waals surface area contributed by atoms with Crippen LogP contribution in [0.4, 0.5) is 0 Å². The summed E-state index contributed by atoms with van der Waals surface area (Å²) < 4.78 is 0. The zero-order valence-electron chi connectivity index (χ0n) is 22.3. The average Bonchev–Trinajstić information content (AvgIpc) is 2.80. The standard InChI is InChI=1S/C30H48O4/c1-18-9-12-30(17-32)14-13-28(5)20(24(30)19(18)2)7-8-23-26(3)15-21(33)25(34)27(4,16-31)22(26)10-11-29(23,28)6/h7,17-19,21-25,31,33-34H,8-16H2,1-6H3/t18-,19+,21-,22-,23?,24+,25+,26+,27+,28-,29-,30-/m1/s1. The van der Waals surface area contributed by atoms with Gasteiger partial charge in [-0.2, -0.15) is 0 Å². The van der Waals surface area contributed by atoms with E-state index in [1.54, 1.807) is 5.57 Å². The number of aldehydes is 1. The summed E-state index contributed by atoms with van der Waals surface area (Å²) in [5.41, 5.74) is 0.679. The SMILES string of the molecule is C[C@H]1[C@H](C)CC[C@]2(C=O)CC[C@]3(C)C(=CCC4[C@@]5(C)C[C@@H](O)[C@H](O)[C@@](C)(CO)[C@@H]5CC[C@]43C)[C@H]12. The largest absolute Gasteiger partial charge is 0.396 e. The molecule has 4 fully saturated rings. The molecule has 3 N–H and O–H groups in total. The minimum absolute atomic E-state index is 0.0447. The molecule has 5 aliphatic rings. The van der Waals surface area contributed by atoms with E-state index in [1.165, 1.54) is 6.29 Å². The van der Waals surface area contributed by atoms with Gasteiger partial charge in [0.25, 0.3) is 0 Å².